The molecular formula is C16H19N5O2S2. The molecule has 0 aliphatic carbocycles. The topological polar surface area (TPSA) is 92.7 Å². The van der Waals surface area contributed by atoms with E-state index in [1.165, 1.54) is 23.1 Å². The van der Waals surface area contributed by atoms with Gasteiger partial charge in [-0.05, 0) is 19.4 Å². The molecule has 3 heterocycles. The smallest absolute Gasteiger partial charge is 0.259 e. The van der Waals surface area contributed by atoms with Crippen LogP contribution in [0.1, 0.15) is 16.3 Å². The minimum atomic E-state index is -0.112. The minimum absolute atomic E-state index is 0.0702. The van der Waals surface area contributed by atoms with Crippen LogP contribution in [-0.4, -0.2) is 37.7 Å². The molecule has 1 amide bonds. The number of imidazole rings is 1. The molecule has 0 radical (unpaired) electrons. The number of H-pyrrole nitrogens is 1. The molecule has 0 fully saturated rings. The molecule has 132 valence electrons. The lowest BCUT2D eigenvalue weighted by molar-refractivity contribution is -0.118. The van der Waals surface area contributed by atoms with Crippen LogP contribution in [0.2, 0.25) is 0 Å². The molecule has 3 aromatic heterocycles. The molecule has 0 aliphatic rings. The van der Waals surface area contributed by atoms with Crippen LogP contribution in [0.15, 0.2) is 22.3 Å². The molecule has 3 aromatic rings. The Hall–Kier alpha value is -2.13. The van der Waals surface area contributed by atoms with Crippen molar-refractivity contribution in [2.24, 2.45) is 7.05 Å². The fourth-order valence-electron chi connectivity index (χ4n) is 2.41. The molecule has 0 saturated heterocycles. The largest absolute Gasteiger partial charge is 0.355 e. The molecule has 25 heavy (non-hydrogen) atoms. The average molecular weight is 377 g/mol. The summed E-state index contributed by atoms with van der Waals surface area (Å²) in [6.07, 6.45) is 4.03. The number of carbonyl (C=O) groups excluding carboxylic acids is 1. The molecule has 0 atom stereocenters. The van der Waals surface area contributed by atoms with Gasteiger partial charge in [-0.15, -0.1) is 11.3 Å². The Balaban J connectivity index is 1.55. The fourth-order valence-corrected chi connectivity index (χ4v) is 4.22. The van der Waals surface area contributed by atoms with Crippen molar-refractivity contribution >= 4 is 39.2 Å². The Kier molecular flexibility index (Phi) is 5.24. The highest BCUT2D eigenvalue weighted by atomic mass is 32.2. The van der Waals surface area contributed by atoms with Crippen molar-refractivity contribution in [2.75, 3.05) is 12.3 Å². The maximum Gasteiger partial charge on any atom is 0.259 e. The summed E-state index contributed by atoms with van der Waals surface area (Å²) in [6.45, 7) is 4.35. The monoisotopic (exact) mass is 377 g/mol. The van der Waals surface area contributed by atoms with Gasteiger partial charge in [0.2, 0.25) is 5.91 Å². The standard InChI is InChI=1S/C16H19N5O2S2/c1-9-10(2)25-15-13(9)14(23)19-11(20-15)4-5-17-12(22)8-24-16-18-6-7-21(16)3/h6-7H,4-5,8H2,1-3H3,(H,17,22)(H,19,20,23). The van der Waals surface area contributed by atoms with Gasteiger partial charge in [0.05, 0.1) is 11.1 Å². The third-order valence-electron chi connectivity index (χ3n) is 3.88. The predicted molar refractivity (Wildman–Crippen MR) is 100 cm³/mol. The third kappa shape index (κ3) is 3.93. The van der Waals surface area contributed by atoms with Crippen molar-refractivity contribution in [2.45, 2.75) is 25.4 Å². The van der Waals surface area contributed by atoms with Gasteiger partial charge in [-0.1, -0.05) is 11.8 Å². The van der Waals surface area contributed by atoms with Crippen molar-refractivity contribution in [1.29, 1.82) is 0 Å². The zero-order chi connectivity index (χ0) is 18.0. The zero-order valence-corrected chi connectivity index (χ0v) is 15.9. The highest BCUT2D eigenvalue weighted by molar-refractivity contribution is 7.99. The lowest BCUT2D eigenvalue weighted by Crippen LogP contribution is -2.28. The summed E-state index contributed by atoms with van der Waals surface area (Å²) in [6, 6.07) is 0. The number of amides is 1. The molecule has 3 rings (SSSR count). The summed E-state index contributed by atoms with van der Waals surface area (Å²) in [5, 5.41) is 4.31. The quantitative estimate of drug-likeness (QED) is 0.639. The summed E-state index contributed by atoms with van der Waals surface area (Å²) in [5.74, 6) is 0.826. The molecule has 0 bridgehead atoms. The lowest BCUT2D eigenvalue weighted by Gasteiger charge is -2.05. The Morgan fingerprint density at radius 2 is 2.24 bits per heavy atom. The van der Waals surface area contributed by atoms with Crippen molar-refractivity contribution < 1.29 is 4.79 Å². The lowest BCUT2D eigenvalue weighted by atomic mass is 10.2. The molecule has 0 aromatic carbocycles. The number of aromatic nitrogens is 4. The van der Waals surface area contributed by atoms with E-state index in [0.29, 0.717) is 29.9 Å². The first kappa shape index (κ1) is 17.7. The van der Waals surface area contributed by atoms with E-state index < -0.39 is 0 Å². The normalized spacial score (nSPS) is 11.2. The van der Waals surface area contributed by atoms with Crippen LogP contribution in [0, 0.1) is 13.8 Å². The number of thioether (sulfide) groups is 1. The average Bonchev–Trinajstić information content (AvgIpc) is 3.09. The SMILES string of the molecule is Cc1sc2nc(CCNC(=O)CSc3nccn3C)[nH]c(=O)c2c1C. The van der Waals surface area contributed by atoms with Gasteiger partial charge in [0.1, 0.15) is 10.7 Å². The first-order valence-corrected chi connectivity index (χ1v) is 9.61. The van der Waals surface area contributed by atoms with E-state index in [1.807, 2.05) is 31.7 Å². The third-order valence-corrected chi connectivity index (χ3v) is 6.04. The van der Waals surface area contributed by atoms with Gasteiger partial charge in [-0.25, -0.2) is 9.97 Å². The number of hydrogen-bond donors (Lipinski definition) is 2. The van der Waals surface area contributed by atoms with Crippen LogP contribution in [0.25, 0.3) is 10.2 Å². The number of rotatable bonds is 6. The number of nitrogens with zero attached hydrogens (tertiary/aromatic N) is 3. The van der Waals surface area contributed by atoms with Gasteiger partial charge >= 0.3 is 0 Å². The van der Waals surface area contributed by atoms with E-state index in [4.69, 9.17) is 0 Å². The highest BCUT2D eigenvalue weighted by Crippen LogP contribution is 2.25. The highest BCUT2D eigenvalue weighted by Gasteiger charge is 2.12. The second-order valence-electron chi connectivity index (χ2n) is 5.69. The molecule has 9 heteroatoms. The predicted octanol–water partition coefficient (Wildman–Crippen LogP) is 1.79. The van der Waals surface area contributed by atoms with Gasteiger partial charge in [0.15, 0.2) is 5.16 Å². The Bertz CT molecular complexity index is 973. The van der Waals surface area contributed by atoms with Crippen LogP contribution in [0.5, 0.6) is 0 Å². The minimum Gasteiger partial charge on any atom is -0.355 e. The summed E-state index contributed by atoms with van der Waals surface area (Å²) in [5.41, 5.74) is 0.874. The summed E-state index contributed by atoms with van der Waals surface area (Å²) in [7, 11) is 1.89. The van der Waals surface area contributed by atoms with Crippen molar-refractivity contribution in [3.63, 3.8) is 0 Å². The van der Waals surface area contributed by atoms with Gasteiger partial charge in [-0.3, -0.25) is 9.59 Å². The number of carbonyl (C=O) groups is 1. The number of hydrogen-bond acceptors (Lipinski definition) is 6. The van der Waals surface area contributed by atoms with E-state index in [-0.39, 0.29) is 11.5 Å². The van der Waals surface area contributed by atoms with Gasteiger partial charge < -0.3 is 14.9 Å². The van der Waals surface area contributed by atoms with E-state index in [0.717, 1.165) is 20.4 Å². The maximum atomic E-state index is 12.2. The molecule has 0 spiro atoms. The number of thiophene rings is 1. The maximum absolute atomic E-state index is 12.2. The second-order valence-corrected chi connectivity index (χ2v) is 7.83. The number of aryl methyl sites for hydroxylation is 3. The molecule has 2 N–H and O–H groups in total. The Morgan fingerprint density at radius 1 is 1.44 bits per heavy atom. The number of aromatic amines is 1. The molecular weight excluding hydrogens is 358 g/mol. The van der Waals surface area contributed by atoms with E-state index in [9.17, 15) is 9.59 Å². The molecule has 0 saturated carbocycles. The van der Waals surface area contributed by atoms with Gasteiger partial charge in [-0.2, -0.15) is 0 Å². The first-order chi connectivity index (χ1) is 12.0. The molecule has 0 aliphatic heterocycles. The van der Waals surface area contributed by atoms with Crippen molar-refractivity contribution in [1.82, 2.24) is 24.8 Å². The Morgan fingerprint density at radius 3 is 2.96 bits per heavy atom. The van der Waals surface area contributed by atoms with Crippen LogP contribution in [0.3, 0.4) is 0 Å². The van der Waals surface area contributed by atoms with Gasteiger partial charge in [0, 0.05) is 37.3 Å². The van der Waals surface area contributed by atoms with Gasteiger partial charge in [0.25, 0.3) is 5.56 Å². The second kappa shape index (κ2) is 7.40. The fraction of sp³-hybridized carbons (Fsp3) is 0.375. The molecule has 7 nitrogen and oxygen atoms in total. The number of fused-ring (bicyclic) bond motifs is 1. The zero-order valence-electron chi connectivity index (χ0n) is 14.3. The van der Waals surface area contributed by atoms with E-state index >= 15 is 0 Å². The van der Waals surface area contributed by atoms with Crippen LogP contribution >= 0.6 is 23.1 Å². The Labute approximate surface area is 152 Å². The van der Waals surface area contributed by atoms with Crippen molar-refractivity contribution in [3.8, 4) is 0 Å². The van der Waals surface area contributed by atoms with E-state index in [2.05, 4.69) is 20.3 Å². The molecule has 0 unspecified atom stereocenters. The number of nitrogens with one attached hydrogen (secondary N) is 2. The van der Waals surface area contributed by atoms with Crippen molar-refractivity contribution in [3.05, 3.63) is 39.0 Å². The van der Waals surface area contributed by atoms with Crippen LogP contribution in [0.4, 0.5) is 0 Å². The summed E-state index contributed by atoms with van der Waals surface area (Å²) in [4.78, 5) is 37.4. The summed E-state index contributed by atoms with van der Waals surface area (Å²) < 4.78 is 1.87. The summed E-state index contributed by atoms with van der Waals surface area (Å²) >= 11 is 2.91. The first-order valence-electron chi connectivity index (χ1n) is 7.81. The van der Waals surface area contributed by atoms with Crippen LogP contribution < -0.4 is 10.9 Å². The van der Waals surface area contributed by atoms with E-state index in [1.54, 1.807) is 6.20 Å². The van der Waals surface area contributed by atoms with Crippen LogP contribution in [-0.2, 0) is 18.3 Å².